The van der Waals surface area contributed by atoms with E-state index in [4.69, 9.17) is 10.7 Å². The number of hydrogen-bond acceptors (Lipinski definition) is 4. The van der Waals surface area contributed by atoms with Gasteiger partial charge in [0.1, 0.15) is 5.82 Å². The molecular formula is C16H29N5. The largest absolute Gasteiger partial charge is 0.340 e. The first-order chi connectivity index (χ1) is 10.1. The highest BCUT2D eigenvalue weighted by molar-refractivity contribution is 5.30. The van der Waals surface area contributed by atoms with Crippen LogP contribution < -0.4 is 10.6 Å². The van der Waals surface area contributed by atoms with E-state index in [1.807, 2.05) is 0 Å². The molecule has 2 aliphatic rings. The monoisotopic (exact) mass is 291 g/mol. The molecule has 5 nitrogen and oxygen atoms in total. The Kier molecular flexibility index (Phi) is 4.48. The average molecular weight is 291 g/mol. The summed E-state index contributed by atoms with van der Waals surface area (Å²) in [7, 11) is 0. The van der Waals surface area contributed by atoms with Crippen molar-refractivity contribution in [3.8, 4) is 0 Å². The number of nitrogens with zero attached hydrogens (tertiary/aromatic N) is 3. The van der Waals surface area contributed by atoms with Crippen LogP contribution in [-0.4, -0.2) is 34.3 Å². The third-order valence-electron chi connectivity index (χ3n) is 5.46. The van der Waals surface area contributed by atoms with Gasteiger partial charge < -0.3 is 10.6 Å². The molecule has 2 heterocycles. The van der Waals surface area contributed by atoms with Crippen LogP contribution in [0.5, 0.6) is 0 Å². The van der Waals surface area contributed by atoms with Crippen LogP contribution in [0.2, 0.25) is 0 Å². The molecule has 1 aliphatic heterocycles. The van der Waals surface area contributed by atoms with Gasteiger partial charge in [-0.25, -0.2) is 0 Å². The Bertz CT molecular complexity index is 439. The molecule has 1 saturated heterocycles. The van der Waals surface area contributed by atoms with Crippen molar-refractivity contribution in [1.82, 2.24) is 15.2 Å². The van der Waals surface area contributed by atoms with Crippen LogP contribution in [-0.2, 0) is 0 Å². The van der Waals surface area contributed by atoms with Crippen LogP contribution in [0.15, 0.2) is 0 Å². The van der Waals surface area contributed by atoms with E-state index in [-0.39, 0.29) is 0 Å². The van der Waals surface area contributed by atoms with Gasteiger partial charge in [0.15, 0.2) is 0 Å². The smallest absolute Gasteiger partial charge is 0.244 e. The molecule has 0 bridgehead atoms. The fraction of sp³-hybridized carbons (Fsp3) is 0.875. The van der Waals surface area contributed by atoms with E-state index >= 15 is 0 Å². The van der Waals surface area contributed by atoms with Crippen LogP contribution in [0.3, 0.4) is 0 Å². The van der Waals surface area contributed by atoms with Crippen molar-refractivity contribution < 1.29 is 0 Å². The number of nitrogens with two attached hydrogens (primary N) is 1. The zero-order valence-electron chi connectivity index (χ0n) is 13.4. The third-order valence-corrected chi connectivity index (χ3v) is 5.46. The second kappa shape index (κ2) is 6.34. The fourth-order valence-electron chi connectivity index (χ4n) is 3.75. The summed E-state index contributed by atoms with van der Waals surface area (Å²) in [5.74, 6) is 4.11. The molecule has 2 fully saturated rings. The van der Waals surface area contributed by atoms with Crippen molar-refractivity contribution in [3.63, 3.8) is 0 Å². The number of aromatic nitrogens is 3. The summed E-state index contributed by atoms with van der Waals surface area (Å²) in [6, 6.07) is 0.305. The summed E-state index contributed by atoms with van der Waals surface area (Å²) in [5, 5.41) is 7.66. The number of hydrogen-bond donors (Lipinski definition) is 2. The fourth-order valence-corrected chi connectivity index (χ4v) is 3.75. The maximum atomic E-state index is 6.01. The summed E-state index contributed by atoms with van der Waals surface area (Å²) in [5.41, 5.74) is 6.01. The van der Waals surface area contributed by atoms with Crippen molar-refractivity contribution >= 4 is 5.95 Å². The van der Waals surface area contributed by atoms with Crippen LogP contribution in [0, 0.1) is 11.8 Å². The summed E-state index contributed by atoms with van der Waals surface area (Å²) in [6.45, 7) is 6.54. The molecular weight excluding hydrogens is 262 g/mol. The predicted octanol–water partition coefficient (Wildman–Crippen LogP) is 2.66. The number of aromatic amines is 1. The Morgan fingerprint density at radius 3 is 2.43 bits per heavy atom. The Morgan fingerprint density at radius 2 is 1.81 bits per heavy atom. The van der Waals surface area contributed by atoms with E-state index in [0.717, 1.165) is 43.6 Å². The topological polar surface area (TPSA) is 70.8 Å². The summed E-state index contributed by atoms with van der Waals surface area (Å²) in [4.78, 5) is 7.09. The lowest BCUT2D eigenvalue weighted by Crippen LogP contribution is -2.40. The molecule has 5 heteroatoms. The number of rotatable bonds is 3. The van der Waals surface area contributed by atoms with Crippen LogP contribution in [0.25, 0.3) is 0 Å². The molecule has 3 rings (SSSR count). The molecule has 1 aromatic heterocycles. The molecule has 118 valence electrons. The van der Waals surface area contributed by atoms with E-state index in [0.29, 0.717) is 17.9 Å². The molecule has 0 radical (unpaired) electrons. The van der Waals surface area contributed by atoms with E-state index in [2.05, 4.69) is 28.9 Å². The maximum Gasteiger partial charge on any atom is 0.244 e. The number of nitrogens with one attached hydrogen (secondary N) is 1. The maximum absolute atomic E-state index is 6.01. The molecule has 0 spiro atoms. The lowest BCUT2D eigenvalue weighted by molar-refractivity contribution is 0.340. The predicted molar refractivity (Wildman–Crippen MR) is 85.3 cm³/mol. The summed E-state index contributed by atoms with van der Waals surface area (Å²) in [6.07, 6.45) is 7.46. The minimum atomic E-state index is 0.305. The van der Waals surface area contributed by atoms with Crippen LogP contribution in [0.4, 0.5) is 5.95 Å². The highest BCUT2D eigenvalue weighted by Gasteiger charge is 2.26. The van der Waals surface area contributed by atoms with Gasteiger partial charge in [-0.2, -0.15) is 4.98 Å². The van der Waals surface area contributed by atoms with Crippen molar-refractivity contribution in [2.75, 3.05) is 18.0 Å². The van der Waals surface area contributed by atoms with Crippen molar-refractivity contribution in [2.45, 2.75) is 64.3 Å². The zero-order chi connectivity index (χ0) is 14.8. The van der Waals surface area contributed by atoms with Gasteiger partial charge in [-0.05, 0) is 44.4 Å². The lowest BCUT2D eigenvalue weighted by Gasteiger charge is -2.33. The zero-order valence-corrected chi connectivity index (χ0v) is 13.4. The summed E-state index contributed by atoms with van der Waals surface area (Å²) < 4.78 is 0. The number of piperidine rings is 1. The Balaban J connectivity index is 1.58. The van der Waals surface area contributed by atoms with Crippen LogP contribution in [0.1, 0.15) is 64.1 Å². The quantitative estimate of drug-likeness (QED) is 0.898. The third kappa shape index (κ3) is 3.39. The first kappa shape index (κ1) is 14.8. The molecule has 0 aromatic carbocycles. The molecule has 1 aromatic rings. The van der Waals surface area contributed by atoms with Gasteiger partial charge in [0.05, 0.1) is 0 Å². The molecule has 1 atom stereocenters. The van der Waals surface area contributed by atoms with Crippen molar-refractivity contribution in [3.05, 3.63) is 5.82 Å². The molecule has 0 amide bonds. The van der Waals surface area contributed by atoms with E-state index in [9.17, 15) is 0 Å². The van der Waals surface area contributed by atoms with E-state index < -0.39 is 0 Å². The van der Waals surface area contributed by atoms with Crippen molar-refractivity contribution in [2.24, 2.45) is 17.6 Å². The van der Waals surface area contributed by atoms with E-state index in [1.54, 1.807) is 0 Å². The Morgan fingerprint density at radius 1 is 1.14 bits per heavy atom. The number of H-pyrrole nitrogens is 1. The highest BCUT2D eigenvalue weighted by atomic mass is 15.4. The second-order valence-corrected chi connectivity index (χ2v) is 7.16. The second-order valence-electron chi connectivity index (χ2n) is 7.16. The molecule has 1 aliphatic carbocycles. The highest BCUT2D eigenvalue weighted by Crippen LogP contribution is 2.34. The average Bonchev–Trinajstić information content (AvgIpc) is 2.98. The SMILES string of the molecule is CC1CCC(c2nc(N3CCC(C(C)N)CC3)n[nH]2)CC1. The van der Waals surface area contributed by atoms with Gasteiger partial charge in [-0.15, -0.1) is 5.10 Å². The number of anilines is 1. The lowest BCUT2D eigenvalue weighted by atomic mass is 9.83. The van der Waals surface area contributed by atoms with Gasteiger partial charge in [-0.1, -0.05) is 19.8 Å². The first-order valence-electron chi connectivity index (χ1n) is 8.56. The van der Waals surface area contributed by atoms with Crippen molar-refractivity contribution in [1.29, 1.82) is 0 Å². The molecule has 3 N–H and O–H groups in total. The van der Waals surface area contributed by atoms with E-state index in [1.165, 1.54) is 25.7 Å². The minimum Gasteiger partial charge on any atom is -0.340 e. The minimum absolute atomic E-state index is 0.305. The summed E-state index contributed by atoms with van der Waals surface area (Å²) >= 11 is 0. The van der Waals surface area contributed by atoms with Gasteiger partial charge in [-0.3, -0.25) is 5.10 Å². The van der Waals surface area contributed by atoms with Crippen LogP contribution >= 0.6 is 0 Å². The Hall–Kier alpha value is -1.10. The normalized spacial score (nSPS) is 29.6. The van der Waals surface area contributed by atoms with Gasteiger partial charge in [0, 0.05) is 25.0 Å². The molecule has 1 saturated carbocycles. The molecule has 1 unspecified atom stereocenters. The van der Waals surface area contributed by atoms with Gasteiger partial charge in [0.2, 0.25) is 5.95 Å². The Labute approximate surface area is 127 Å². The standard InChI is InChI=1S/C16H29N5/c1-11-3-5-14(6-4-11)15-18-16(20-19-15)21-9-7-13(8-10-21)12(2)17/h11-14H,3-10,17H2,1-2H3,(H,18,19,20). The van der Waals surface area contributed by atoms with Gasteiger partial charge >= 0.3 is 0 Å². The first-order valence-corrected chi connectivity index (χ1v) is 8.56. The van der Waals surface area contributed by atoms with Gasteiger partial charge in [0.25, 0.3) is 0 Å². The molecule has 21 heavy (non-hydrogen) atoms.